The van der Waals surface area contributed by atoms with Crippen LogP contribution in [0.1, 0.15) is 5.56 Å². The lowest BCUT2D eigenvalue weighted by molar-refractivity contribution is -0.122. The highest BCUT2D eigenvalue weighted by atomic mass is 16.5. The molecule has 2 aromatic rings. The summed E-state index contributed by atoms with van der Waals surface area (Å²) in [5.41, 5.74) is 0.753. The van der Waals surface area contributed by atoms with E-state index in [1.54, 1.807) is 48.5 Å². The minimum Gasteiger partial charge on any atom is -0.497 e. The van der Waals surface area contributed by atoms with Gasteiger partial charge in [-0.15, -0.1) is 6.42 Å². The van der Waals surface area contributed by atoms with Gasteiger partial charge >= 0.3 is 6.03 Å². The van der Waals surface area contributed by atoms with Crippen molar-refractivity contribution in [2.45, 2.75) is 0 Å². The molecular formula is C21H16N2O5. The second-order valence-corrected chi connectivity index (χ2v) is 5.72. The molecule has 7 nitrogen and oxygen atoms in total. The fourth-order valence-electron chi connectivity index (χ4n) is 2.58. The van der Waals surface area contributed by atoms with Crippen molar-refractivity contribution in [3.63, 3.8) is 0 Å². The zero-order valence-electron chi connectivity index (χ0n) is 15.0. The summed E-state index contributed by atoms with van der Waals surface area (Å²) in [6, 6.07) is 12.2. The number of nitrogens with zero attached hydrogens (tertiary/aromatic N) is 1. The summed E-state index contributed by atoms with van der Waals surface area (Å²) in [4.78, 5) is 38.1. The number of anilines is 1. The summed E-state index contributed by atoms with van der Waals surface area (Å²) < 4.78 is 10.4. The standard InChI is InChI=1S/C21H16N2O5/c1-3-12-28-17-8-4-14(5-9-17)13-18-19(24)22-21(26)23(20(18)25)15-6-10-16(27-2)11-7-15/h1,4-11,13H,12H2,2H3,(H,22,24,26)/b18-13+. The van der Waals surface area contributed by atoms with Gasteiger partial charge in [0.1, 0.15) is 23.7 Å². The highest BCUT2D eigenvalue weighted by molar-refractivity contribution is 6.39. The molecule has 4 amide bonds. The molecule has 0 bridgehead atoms. The first-order valence-electron chi connectivity index (χ1n) is 8.25. The predicted molar refractivity (Wildman–Crippen MR) is 103 cm³/mol. The van der Waals surface area contributed by atoms with Crippen molar-refractivity contribution in [3.05, 3.63) is 59.7 Å². The molecule has 0 spiro atoms. The Kier molecular flexibility index (Phi) is 5.42. The normalized spacial score (nSPS) is 15.2. The molecule has 1 heterocycles. The highest BCUT2D eigenvalue weighted by Crippen LogP contribution is 2.24. The third-order valence-corrected chi connectivity index (χ3v) is 3.95. The number of hydrogen-bond acceptors (Lipinski definition) is 5. The molecule has 28 heavy (non-hydrogen) atoms. The molecule has 7 heteroatoms. The van der Waals surface area contributed by atoms with Crippen LogP contribution in [-0.4, -0.2) is 31.6 Å². The number of urea groups is 1. The van der Waals surface area contributed by atoms with Crippen LogP contribution in [0.3, 0.4) is 0 Å². The van der Waals surface area contributed by atoms with E-state index < -0.39 is 17.8 Å². The van der Waals surface area contributed by atoms with Crippen LogP contribution in [0.25, 0.3) is 6.08 Å². The number of rotatable bonds is 5. The first-order chi connectivity index (χ1) is 13.5. The van der Waals surface area contributed by atoms with Gasteiger partial charge in [-0.1, -0.05) is 18.1 Å². The van der Waals surface area contributed by atoms with Crippen LogP contribution in [0.2, 0.25) is 0 Å². The molecular weight excluding hydrogens is 360 g/mol. The fraction of sp³-hybridized carbons (Fsp3) is 0.0952. The van der Waals surface area contributed by atoms with E-state index in [1.807, 2.05) is 0 Å². The molecule has 1 N–H and O–H groups in total. The summed E-state index contributed by atoms with van der Waals surface area (Å²) in [5.74, 6) is 2.03. The molecule has 3 rings (SSSR count). The van der Waals surface area contributed by atoms with Crippen molar-refractivity contribution >= 4 is 29.6 Å². The van der Waals surface area contributed by atoms with Crippen molar-refractivity contribution in [2.24, 2.45) is 0 Å². The lowest BCUT2D eigenvalue weighted by Crippen LogP contribution is -2.54. The minimum atomic E-state index is -0.810. The second-order valence-electron chi connectivity index (χ2n) is 5.72. The van der Waals surface area contributed by atoms with E-state index >= 15 is 0 Å². The van der Waals surface area contributed by atoms with Gasteiger partial charge in [0, 0.05) is 0 Å². The van der Waals surface area contributed by atoms with Crippen LogP contribution in [-0.2, 0) is 9.59 Å². The van der Waals surface area contributed by atoms with Gasteiger partial charge < -0.3 is 9.47 Å². The molecule has 140 valence electrons. The van der Waals surface area contributed by atoms with Gasteiger partial charge in [-0.3, -0.25) is 14.9 Å². The van der Waals surface area contributed by atoms with Crippen molar-refractivity contribution in [3.8, 4) is 23.8 Å². The van der Waals surface area contributed by atoms with Gasteiger partial charge in [0.2, 0.25) is 0 Å². The summed E-state index contributed by atoms with van der Waals surface area (Å²) >= 11 is 0. The first-order valence-corrected chi connectivity index (χ1v) is 8.25. The largest absolute Gasteiger partial charge is 0.497 e. The van der Waals surface area contributed by atoms with Gasteiger partial charge in [-0.05, 0) is 48.0 Å². The molecule has 1 saturated heterocycles. The Morgan fingerprint density at radius 3 is 2.29 bits per heavy atom. The Morgan fingerprint density at radius 2 is 1.68 bits per heavy atom. The van der Waals surface area contributed by atoms with E-state index in [9.17, 15) is 14.4 Å². The van der Waals surface area contributed by atoms with E-state index in [-0.39, 0.29) is 12.2 Å². The number of amides is 4. The van der Waals surface area contributed by atoms with Gasteiger partial charge in [-0.25, -0.2) is 9.69 Å². The van der Waals surface area contributed by atoms with E-state index in [4.69, 9.17) is 15.9 Å². The zero-order valence-corrected chi connectivity index (χ0v) is 15.0. The summed E-state index contributed by atoms with van der Waals surface area (Å²) in [5, 5.41) is 2.18. The van der Waals surface area contributed by atoms with Gasteiger partial charge in [0.15, 0.2) is 0 Å². The van der Waals surface area contributed by atoms with Crippen molar-refractivity contribution in [2.75, 3.05) is 18.6 Å². The Balaban J connectivity index is 1.88. The average Bonchev–Trinajstić information content (AvgIpc) is 2.71. The quantitative estimate of drug-likeness (QED) is 0.492. The molecule has 1 aliphatic heterocycles. The van der Waals surface area contributed by atoms with E-state index in [1.165, 1.54) is 13.2 Å². The third-order valence-electron chi connectivity index (χ3n) is 3.95. The summed E-state index contributed by atoms with van der Waals surface area (Å²) in [6.45, 7) is 0.139. The van der Waals surface area contributed by atoms with Crippen molar-refractivity contribution < 1.29 is 23.9 Å². The monoisotopic (exact) mass is 376 g/mol. The van der Waals surface area contributed by atoms with Gasteiger partial charge in [0.25, 0.3) is 11.8 Å². The maximum absolute atomic E-state index is 12.8. The summed E-state index contributed by atoms with van der Waals surface area (Å²) in [6.07, 6.45) is 6.55. The lowest BCUT2D eigenvalue weighted by atomic mass is 10.1. The van der Waals surface area contributed by atoms with Crippen molar-refractivity contribution in [1.29, 1.82) is 0 Å². The number of ether oxygens (including phenoxy) is 2. The molecule has 0 aromatic heterocycles. The number of nitrogens with one attached hydrogen (secondary N) is 1. The summed E-state index contributed by atoms with van der Waals surface area (Å²) in [7, 11) is 1.51. The maximum atomic E-state index is 12.8. The van der Waals surface area contributed by atoms with Crippen LogP contribution in [0, 0.1) is 12.3 Å². The van der Waals surface area contributed by atoms with Gasteiger partial charge in [-0.2, -0.15) is 0 Å². The van der Waals surface area contributed by atoms with Crippen molar-refractivity contribution in [1.82, 2.24) is 5.32 Å². The Bertz CT molecular complexity index is 985. The number of terminal acetylenes is 1. The number of hydrogen-bond donors (Lipinski definition) is 1. The SMILES string of the molecule is C#CCOc1ccc(/C=C2\C(=O)NC(=O)N(c3ccc(OC)cc3)C2=O)cc1. The number of methoxy groups -OCH3 is 1. The Morgan fingerprint density at radius 1 is 1.04 bits per heavy atom. The molecule has 0 atom stereocenters. The fourth-order valence-corrected chi connectivity index (χ4v) is 2.58. The van der Waals surface area contributed by atoms with E-state index in [0.29, 0.717) is 22.7 Å². The number of barbiturate groups is 1. The molecule has 2 aromatic carbocycles. The number of imide groups is 2. The zero-order chi connectivity index (χ0) is 20.1. The minimum absolute atomic E-state index is 0.139. The van der Waals surface area contributed by atoms with E-state index in [0.717, 1.165) is 4.90 Å². The topological polar surface area (TPSA) is 84.9 Å². The number of carbonyl (C=O) groups is 3. The molecule has 0 aliphatic carbocycles. The molecule has 0 unspecified atom stereocenters. The lowest BCUT2D eigenvalue weighted by Gasteiger charge is -2.26. The van der Waals surface area contributed by atoms with Crippen LogP contribution in [0.4, 0.5) is 10.5 Å². The van der Waals surface area contributed by atoms with Crippen LogP contribution in [0.15, 0.2) is 54.1 Å². The van der Waals surface area contributed by atoms with Crippen LogP contribution < -0.4 is 19.7 Å². The van der Waals surface area contributed by atoms with Crippen LogP contribution >= 0.6 is 0 Å². The van der Waals surface area contributed by atoms with Crippen LogP contribution in [0.5, 0.6) is 11.5 Å². The van der Waals surface area contributed by atoms with E-state index in [2.05, 4.69) is 11.2 Å². The molecule has 0 saturated carbocycles. The molecule has 1 aliphatic rings. The second kappa shape index (κ2) is 8.10. The molecule has 1 fully saturated rings. The molecule has 0 radical (unpaired) electrons. The number of carbonyl (C=O) groups excluding carboxylic acids is 3. The maximum Gasteiger partial charge on any atom is 0.335 e. The Hall–Kier alpha value is -4.05. The Labute approximate surface area is 161 Å². The third kappa shape index (κ3) is 3.86. The first kappa shape index (κ1) is 18.7. The predicted octanol–water partition coefficient (Wildman–Crippen LogP) is 2.37. The average molecular weight is 376 g/mol. The smallest absolute Gasteiger partial charge is 0.335 e. The van der Waals surface area contributed by atoms with Gasteiger partial charge in [0.05, 0.1) is 12.8 Å². The number of benzene rings is 2. The highest BCUT2D eigenvalue weighted by Gasteiger charge is 2.36.